The molecule has 0 aliphatic rings. The standard InChI is InChI=1S/C13H19N5/c1-17(10-13-16-6-7-18(13)2)9-11-4-3-5-15-12(11)8-14/h3-7H,8-10,14H2,1-2H3. The molecule has 5 heteroatoms. The molecule has 0 fully saturated rings. The van der Waals surface area contributed by atoms with Gasteiger partial charge in [-0.3, -0.25) is 9.88 Å². The molecule has 2 aromatic rings. The molecule has 0 saturated carbocycles. The maximum atomic E-state index is 5.69. The van der Waals surface area contributed by atoms with Crippen molar-refractivity contribution in [3.05, 3.63) is 47.8 Å². The summed E-state index contributed by atoms with van der Waals surface area (Å²) >= 11 is 0. The summed E-state index contributed by atoms with van der Waals surface area (Å²) in [5, 5.41) is 0. The molecule has 2 heterocycles. The van der Waals surface area contributed by atoms with E-state index >= 15 is 0 Å². The molecule has 0 aromatic carbocycles. The lowest BCUT2D eigenvalue weighted by atomic mass is 10.2. The highest BCUT2D eigenvalue weighted by Gasteiger charge is 2.08. The summed E-state index contributed by atoms with van der Waals surface area (Å²) in [6.07, 6.45) is 5.56. The van der Waals surface area contributed by atoms with Crippen LogP contribution in [0.1, 0.15) is 17.1 Å². The maximum Gasteiger partial charge on any atom is 0.122 e. The lowest BCUT2D eigenvalue weighted by Gasteiger charge is -2.17. The highest BCUT2D eigenvalue weighted by Crippen LogP contribution is 2.09. The molecular weight excluding hydrogens is 226 g/mol. The molecule has 0 aliphatic carbocycles. The van der Waals surface area contributed by atoms with Gasteiger partial charge in [0.1, 0.15) is 5.82 Å². The largest absolute Gasteiger partial charge is 0.337 e. The van der Waals surface area contributed by atoms with Gasteiger partial charge in [-0.25, -0.2) is 4.98 Å². The van der Waals surface area contributed by atoms with Crippen molar-refractivity contribution in [2.24, 2.45) is 12.8 Å². The van der Waals surface area contributed by atoms with E-state index in [4.69, 9.17) is 5.73 Å². The first-order valence-corrected chi connectivity index (χ1v) is 5.98. The molecular formula is C13H19N5. The fraction of sp³-hybridized carbons (Fsp3) is 0.385. The van der Waals surface area contributed by atoms with Crippen LogP contribution in [0, 0.1) is 0 Å². The minimum Gasteiger partial charge on any atom is -0.337 e. The van der Waals surface area contributed by atoms with Crippen LogP contribution in [0.3, 0.4) is 0 Å². The molecule has 18 heavy (non-hydrogen) atoms. The van der Waals surface area contributed by atoms with Crippen molar-refractivity contribution >= 4 is 0 Å². The molecule has 0 aliphatic heterocycles. The van der Waals surface area contributed by atoms with Crippen molar-refractivity contribution in [2.75, 3.05) is 7.05 Å². The van der Waals surface area contributed by atoms with E-state index in [-0.39, 0.29) is 0 Å². The summed E-state index contributed by atoms with van der Waals surface area (Å²) in [7, 11) is 4.08. The number of imidazole rings is 1. The van der Waals surface area contributed by atoms with Gasteiger partial charge in [0.2, 0.25) is 0 Å². The summed E-state index contributed by atoms with van der Waals surface area (Å²) in [5.74, 6) is 1.05. The fourth-order valence-corrected chi connectivity index (χ4v) is 1.94. The SMILES string of the molecule is CN(Cc1cccnc1CN)Cc1nccn1C. The Bertz CT molecular complexity index is 506. The van der Waals surface area contributed by atoms with Crippen LogP contribution in [0.15, 0.2) is 30.7 Å². The molecule has 0 spiro atoms. The third kappa shape index (κ3) is 2.94. The predicted molar refractivity (Wildman–Crippen MR) is 70.5 cm³/mol. The van der Waals surface area contributed by atoms with E-state index in [1.54, 1.807) is 6.20 Å². The zero-order valence-electron chi connectivity index (χ0n) is 10.9. The molecule has 2 rings (SSSR count). The fourth-order valence-electron chi connectivity index (χ4n) is 1.94. The third-order valence-corrected chi connectivity index (χ3v) is 2.95. The number of pyridine rings is 1. The average molecular weight is 245 g/mol. The highest BCUT2D eigenvalue weighted by atomic mass is 15.1. The number of nitrogens with two attached hydrogens (primary N) is 1. The molecule has 2 aromatic heterocycles. The molecule has 0 saturated heterocycles. The van der Waals surface area contributed by atoms with Crippen molar-refractivity contribution in [3.63, 3.8) is 0 Å². The number of hydrogen-bond acceptors (Lipinski definition) is 4. The molecule has 5 nitrogen and oxygen atoms in total. The van der Waals surface area contributed by atoms with E-state index in [0.29, 0.717) is 6.54 Å². The van der Waals surface area contributed by atoms with Crippen molar-refractivity contribution in [2.45, 2.75) is 19.6 Å². The Hall–Kier alpha value is -1.72. The van der Waals surface area contributed by atoms with Crippen LogP contribution < -0.4 is 5.73 Å². The van der Waals surface area contributed by atoms with Gasteiger partial charge in [0.05, 0.1) is 12.2 Å². The van der Waals surface area contributed by atoms with Crippen molar-refractivity contribution < 1.29 is 0 Å². The van der Waals surface area contributed by atoms with Crippen LogP contribution in [-0.4, -0.2) is 26.5 Å². The summed E-state index contributed by atoms with van der Waals surface area (Å²) in [5.41, 5.74) is 7.83. The van der Waals surface area contributed by atoms with E-state index < -0.39 is 0 Å². The smallest absolute Gasteiger partial charge is 0.122 e. The molecule has 2 N–H and O–H groups in total. The van der Waals surface area contributed by atoms with Crippen molar-refractivity contribution in [3.8, 4) is 0 Å². The second kappa shape index (κ2) is 5.75. The normalized spacial score (nSPS) is 11.1. The molecule has 96 valence electrons. The van der Waals surface area contributed by atoms with Crippen LogP contribution in [-0.2, 0) is 26.7 Å². The highest BCUT2D eigenvalue weighted by molar-refractivity contribution is 5.19. The first-order chi connectivity index (χ1) is 8.70. The van der Waals surface area contributed by atoms with E-state index in [9.17, 15) is 0 Å². The van der Waals surface area contributed by atoms with Crippen LogP contribution in [0.5, 0.6) is 0 Å². The van der Waals surface area contributed by atoms with Gasteiger partial charge >= 0.3 is 0 Å². The zero-order valence-corrected chi connectivity index (χ0v) is 10.9. The van der Waals surface area contributed by atoms with Gasteiger partial charge in [-0.05, 0) is 18.7 Å². The molecule has 0 radical (unpaired) electrons. The van der Waals surface area contributed by atoms with Crippen LogP contribution in [0.25, 0.3) is 0 Å². The van der Waals surface area contributed by atoms with Gasteiger partial charge in [-0.2, -0.15) is 0 Å². The summed E-state index contributed by atoms with van der Waals surface area (Å²) in [4.78, 5) is 10.8. The molecule has 0 atom stereocenters. The van der Waals surface area contributed by atoms with Crippen molar-refractivity contribution in [1.82, 2.24) is 19.4 Å². The Labute approximate surface area is 107 Å². The summed E-state index contributed by atoms with van der Waals surface area (Å²) < 4.78 is 2.03. The lowest BCUT2D eigenvalue weighted by Crippen LogP contribution is -2.21. The number of nitrogens with zero attached hydrogens (tertiary/aromatic N) is 4. The lowest BCUT2D eigenvalue weighted by molar-refractivity contribution is 0.305. The van der Waals surface area contributed by atoms with E-state index in [0.717, 1.165) is 24.6 Å². The monoisotopic (exact) mass is 245 g/mol. The predicted octanol–water partition coefficient (Wildman–Crippen LogP) is 0.906. The van der Waals surface area contributed by atoms with E-state index in [2.05, 4.69) is 28.0 Å². The third-order valence-electron chi connectivity index (χ3n) is 2.95. The molecule has 0 unspecified atom stereocenters. The summed E-state index contributed by atoms with van der Waals surface area (Å²) in [6, 6.07) is 4.02. The average Bonchev–Trinajstić information content (AvgIpc) is 2.75. The molecule has 0 bridgehead atoms. The zero-order chi connectivity index (χ0) is 13.0. The second-order valence-electron chi connectivity index (χ2n) is 4.44. The van der Waals surface area contributed by atoms with Crippen molar-refractivity contribution in [1.29, 1.82) is 0 Å². The maximum absolute atomic E-state index is 5.69. The second-order valence-corrected chi connectivity index (χ2v) is 4.44. The number of hydrogen-bond donors (Lipinski definition) is 1. The van der Waals surface area contributed by atoms with Gasteiger partial charge in [-0.15, -0.1) is 0 Å². The number of aromatic nitrogens is 3. The topological polar surface area (TPSA) is 60.0 Å². The first kappa shape index (κ1) is 12.7. The Kier molecular flexibility index (Phi) is 4.07. The Balaban J connectivity index is 2.03. The van der Waals surface area contributed by atoms with E-state index in [1.165, 1.54) is 5.56 Å². The minimum absolute atomic E-state index is 0.479. The Morgan fingerprint density at radius 2 is 2.11 bits per heavy atom. The number of rotatable bonds is 5. The summed E-state index contributed by atoms with van der Waals surface area (Å²) in [6.45, 7) is 2.11. The molecule has 0 amide bonds. The first-order valence-electron chi connectivity index (χ1n) is 5.98. The minimum atomic E-state index is 0.479. The van der Waals surface area contributed by atoms with Gasteiger partial charge in [0.15, 0.2) is 0 Å². The Morgan fingerprint density at radius 3 is 2.78 bits per heavy atom. The van der Waals surface area contributed by atoms with Crippen LogP contribution in [0.2, 0.25) is 0 Å². The van der Waals surface area contributed by atoms with Gasteiger partial charge < -0.3 is 10.3 Å². The van der Waals surface area contributed by atoms with E-state index in [1.807, 2.05) is 30.1 Å². The number of aryl methyl sites for hydroxylation is 1. The van der Waals surface area contributed by atoms with Gasteiger partial charge in [0.25, 0.3) is 0 Å². The van der Waals surface area contributed by atoms with Gasteiger partial charge in [0, 0.05) is 38.7 Å². The Morgan fingerprint density at radius 1 is 1.28 bits per heavy atom. The quantitative estimate of drug-likeness (QED) is 0.850. The van der Waals surface area contributed by atoms with Crippen LogP contribution >= 0.6 is 0 Å². The van der Waals surface area contributed by atoms with Crippen LogP contribution in [0.4, 0.5) is 0 Å². The van der Waals surface area contributed by atoms with Gasteiger partial charge in [-0.1, -0.05) is 6.07 Å².